The number of nitrogens with one attached hydrogen (secondary N) is 2. The number of hydrogen-bond donors (Lipinski definition) is 2. The molecule has 1 aromatic heterocycles. The molecule has 0 spiro atoms. The van der Waals surface area contributed by atoms with Gasteiger partial charge in [-0.05, 0) is 90.2 Å². The van der Waals surface area contributed by atoms with Crippen LogP contribution in [0.2, 0.25) is 0 Å². The standard InChI is InChI=1S/C39H51N5O9S/c1-23-35(41-31-19-28(51-4)14-15-30(31)40-23)53-29-20-32-34(46)42-39(37(48)43-54(49,50)38(3)16-17-38)21-27(39)11-9-7-5-6-8-10-26(36(47)44(32)22-29)18-33(45)52-24(2)25-12-13-25/h9,11,14-15,19,24-27,29,32H,5-8,10,12-13,16-18,20-22H2,1-4H3,(H,42,46)(H,43,48)/b11-9-/t24-,26-,27-,29-,32+,39-/m1/s1. The fraction of sp³-hybridized carbons (Fsp3) is 0.641. The molecule has 3 saturated carbocycles. The third-order valence-corrected chi connectivity index (χ3v) is 14.0. The molecule has 3 aliphatic carbocycles. The summed E-state index contributed by atoms with van der Waals surface area (Å²) in [5, 5.41) is 2.91. The number of fused-ring (bicyclic) bond motifs is 3. The lowest BCUT2D eigenvalue weighted by atomic mass is 9.95. The van der Waals surface area contributed by atoms with Crippen molar-refractivity contribution in [1.29, 1.82) is 0 Å². The van der Waals surface area contributed by atoms with Crippen LogP contribution in [0.4, 0.5) is 0 Å². The first-order chi connectivity index (χ1) is 25.7. The highest BCUT2D eigenvalue weighted by molar-refractivity contribution is 7.91. The van der Waals surface area contributed by atoms with E-state index in [1.165, 1.54) is 4.90 Å². The van der Waals surface area contributed by atoms with Gasteiger partial charge >= 0.3 is 5.97 Å². The van der Waals surface area contributed by atoms with E-state index < -0.39 is 62.1 Å². The highest BCUT2D eigenvalue weighted by Crippen LogP contribution is 2.47. The lowest BCUT2D eigenvalue weighted by Crippen LogP contribution is -2.57. The van der Waals surface area contributed by atoms with Crippen molar-refractivity contribution in [3.05, 3.63) is 36.0 Å². The van der Waals surface area contributed by atoms with E-state index in [0.29, 0.717) is 54.1 Å². The minimum Gasteiger partial charge on any atom is -0.497 e. The van der Waals surface area contributed by atoms with Crippen LogP contribution in [0.1, 0.15) is 96.6 Å². The number of ether oxygens (including phenoxy) is 3. The number of aromatic nitrogens is 2. The number of hydrogen-bond acceptors (Lipinski definition) is 11. The summed E-state index contributed by atoms with van der Waals surface area (Å²) in [6.45, 7) is 5.26. The fourth-order valence-electron chi connectivity index (χ4n) is 7.70. The van der Waals surface area contributed by atoms with Crippen LogP contribution in [0.15, 0.2) is 30.4 Å². The Labute approximate surface area is 316 Å². The van der Waals surface area contributed by atoms with E-state index in [9.17, 15) is 27.6 Å². The molecule has 0 unspecified atom stereocenters. The van der Waals surface area contributed by atoms with Crippen molar-refractivity contribution in [2.45, 2.75) is 126 Å². The molecule has 292 valence electrons. The van der Waals surface area contributed by atoms with Crippen LogP contribution < -0.4 is 19.5 Å². The summed E-state index contributed by atoms with van der Waals surface area (Å²) in [4.78, 5) is 66.8. The minimum atomic E-state index is -3.98. The van der Waals surface area contributed by atoms with Crippen LogP contribution in [0.25, 0.3) is 11.0 Å². The van der Waals surface area contributed by atoms with Crippen molar-refractivity contribution in [3.63, 3.8) is 0 Å². The van der Waals surface area contributed by atoms with Gasteiger partial charge in [-0.25, -0.2) is 18.4 Å². The maximum atomic E-state index is 14.6. The summed E-state index contributed by atoms with van der Waals surface area (Å²) in [6.07, 6.45) is 9.51. The molecule has 15 heteroatoms. The van der Waals surface area contributed by atoms with Gasteiger partial charge in [0.1, 0.15) is 35.2 Å². The van der Waals surface area contributed by atoms with Gasteiger partial charge in [0.2, 0.25) is 27.7 Å². The van der Waals surface area contributed by atoms with Crippen molar-refractivity contribution in [1.82, 2.24) is 24.9 Å². The summed E-state index contributed by atoms with van der Waals surface area (Å²) in [5.41, 5.74) is 0.217. The monoisotopic (exact) mass is 765 g/mol. The Balaban J connectivity index is 1.17. The first-order valence-corrected chi connectivity index (χ1v) is 20.7. The fourth-order valence-corrected chi connectivity index (χ4v) is 9.01. The zero-order valence-electron chi connectivity index (χ0n) is 31.5. The van der Waals surface area contributed by atoms with E-state index in [2.05, 4.69) is 20.0 Å². The number of sulfonamides is 1. The van der Waals surface area contributed by atoms with Gasteiger partial charge < -0.3 is 24.4 Å². The molecule has 2 aromatic rings. The van der Waals surface area contributed by atoms with E-state index in [1.54, 1.807) is 39.2 Å². The van der Waals surface area contributed by atoms with Crippen molar-refractivity contribution < 1.29 is 41.8 Å². The number of amides is 3. The molecule has 1 saturated heterocycles. The summed E-state index contributed by atoms with van der Waals surface area (Å²) in [6, 6.07) is 4.26. The number of rotatable bonds is 10. The second-order valence-corrected chi connectivity index (χ2v) is 18.3. The third-order valence-electron chi connectivity index (χ3n) is 11.9. The van der Waals surface area contributed by atoms with Gasteiger partial charge in [0.25, 0.3) is 5.91 Å². The Morgan fingerprint density at radius 1 is 1.09 bits per heavy atom. The van der Waals surface area contributed by atoms with Gasteiger partial charge in [0, 0.05) is 24.3 Å². The van der Waals surface area contributed by atoms with Crippen LogP contribution in [0.3, 0.4) is 0 Å². The molecule has 0 radical (unpaired) electrons. The van der Waals surface area contributed by atoms with Crippen molar-refractivity contribution >= 4 is 44.7 Å². The number of carbonyl (C=O) groups excluding carboxylic acids is 4. The Bertz CT molecular complexity index is 1960. The van der Waals surface area contributed by atoms with Gasteiger partial charge in [-0.3, -0.25) is 23.9 Å². The summed E-state index contributed by atoms with van der Waals surface area (Å²) < 4.78 is 45.0. The van der Waals surface area contributed by atoms with Gasteiger partial charge in [-0.2, -0.15) is 0 Å². The van der Waals surface area contributed by atoms with Gasteiger partial charge in [-0.1, -0.05) is 25.0 Å². The molecule has 3 heterocycles. The second-order valence-electron chi connectivity index (χ2n) is 16.1. The SMILES string of the molecule is COc1ccc2nc(C)c(O[C@@H]3C[C@H]4C(=O)N[C@]5(C(=O)NS(=O)(=O)C6(C)CC6)C[C@H]5/C=C\CCCCC[C@H](CC(=O)O[C@H](C)C5CC5)C(=O)N4C3)nc2c1. The first kappa shape index (κ1) is 38.0. The number of aryl methyl sites for hydroxylation is 1. The minimum absolute atomic E-state index is 0.0213. The quantitative estimate of drug-likeness (QED) is 0.263. The predicted molar refractivity (Wildman–Crippen MR) is 198 cm³/mol. The number of allylic oxidation sites excluding steroid dienone is 1. The van der Waals surface area contributed by atoms with E-state index in [1.807, 2.05) is 19.1 Å². The predicted octanol–water partition coefficient (Wildman–Crippen LogP) is 4.04. The highest BCUT2D eigenvalue weighted by Gasteiger charge is 2.63. The molecule has 2 aliphatic heterocycles. The van der Waals surface area contributed by atoms with Crippen LogP contribution in [0.5, 0.6) is 11.6 Å². The number of methoxy groups -OCH3 is 1. The van der Waals surface area contributed by atoms with Gasteiger partial charge in [0.15, 0.2) is 0 Å². The molecule has 5 aliphatic rings. The molecular formula is C39H51N5O9S. The average molecular weight is 766 g/mol. The van der Waals surface area contributed by atoms with E-state index in [-0.39, 0.29) is 43.7 Å². The van der Waals surface area contributed by atoms with Gasteiger partial charge in [0.05, 0.1) is 35.9 Å². The normalized spacial score (nSPS) is 29.4. The zero-order valence-corrected chi connectivity index (χ0v) is 32.3. The number of benzene rings is 1. The smallest absolute Gasteiger partial charge is 0.306 e. The maximum Gasteiger partial charge on any atom is 0.306 e. The molecule has 7 rings (SSSR count). The molecule has 3 amide bonds. The summed E-state index contributed by atoms with van der Waals surface area (Å²) in [7, 11) is -2.42. The third kappa shape index (κ3) is 7.92. The van der Waals surface area contributed by atoms with Crippen LogP contribution in [-0.4, -0.2) is 89.2 Å². The number of nitrogens with zero attached hydrogens (tertiary/aromatic N) is 3. The molecule has 14 nitrogen and oxygen atoms in total. The van der Waals surface area contributed by atoms with Gasteiger partial charge in [-0.15, -0.1) is 0 Å². The Kier molecular flexibility index (Phi) is 10.4. The van der Waals surface area contributed by atoms with E-state index in [4.69, 9.17) is 14.2 Å². The molecule has 1 aromatic carbocycles. The average Bonchev–Trinajstić information content (AvgIpc) is 4.06. The molecule has 0 bridgehead atoms. The Morgan fingerprint density at radius 2 is 1.87 bits per heavy atom. The first-order valence-electron chi connectivity index (χ1n) is 19.3. The molecule has 54 heavy (non-hydrogen) atoms. The zero-order chi connectivity index (χ0) is 38.4. The number of esters is 1. The van der Waals surface area contributed by atoms with Crippen molar-refractivity contribution in [3.8, 4) is 11.6 Å². The molecule has 6 atom stereocenters. The second kappa shape index (κ2) is 14.8. The largest absolute Gasteiger partial charge is 0.497 e. The van der Waals surface area contributed by atoms with E-state index >= 15 is 0 Å². The summed E-state index contributed by atoms with van der Waals surface area (Å²) in [5.74, 6) is -2.16. The number of carbonyl (C=O) groups is 4. The lowest BCUT2D eigenvalue weighted by Gasteiger charge is -2.29. The van der Waals surface area contributed by atoms with Crippen LogP contribution >= 0.6 is 0 Å². The molecule has 2 N–H and O–H groups in total. The lowest BCUT2D eigenvalue weighted by molar-refractivity contribution is -0.154. The highest BCUT2D eigenvalue weighted by atomic mass is 32.2. The molecular weight excluding hydrogens is 715 g/mol. The molecule has 4 fully saturated rings. The Hall–Kier alpha value is -4.27. The summed E-state index contributed by atoms with van der Waals surface area (Å²) >= 11 is 0. The topological polar surface area (TPSA) is 183 Å². The van der Waals surface area contributed by atoms with Crippen molar-refractivity contribution in [2.24, 2.45) is 17.8 Å². The Morgan fingerprint density at radius 3 is 2.59 bits per heavy atom. The van der Waals surface area contributed by atoms with Crippen molar-refractivity contribution in [2.75, 3.05) is 13.7 Å². The van der Waals surface area contributed by atoms with Crippen LogP contribution in [0, 0.1) is 24.7 Å². The maximum absolute atomic E-state index is 14.6. The van der Waals surface area contributed by atoms with E-state index in [0.717, 1.165) is 32.1 Å². The van der Waals surface area contributed by atoms with Crippen LogP contribution in [-0.2, 0) is 33.9 Å².